The van der Waals surface area contributed by atoms with E-state index in [1.165, 1.54) is 38.2 Å². The molecular formula is C21H35N5O2. The number of piperidine rings is 1. The van der Waals surface area contributed by atoms with Gasteiger partial charge in [0.15, 0.2) is 0 Å². The van der Waals surface area contributed by atoms with Gasteiger partial charge in [0, 0.05) is 51.0 Å². The number of rotatable bonds is 10. The molecule has 0 aliphatic carbocycles. The Morgan fingerprint density at radius 2 is 2.14 bits per heavy atom. The van der Waals surface area contributed by atoms with Gasteiger partial charge in [-0.1, -0.05) is 20.3 Å². The predicted octanol–water partition coefficient (Wildman–Crippen LogP) is 2.35. The summed E-state index contributed by atoms with van der Waals surface area (Å²) in [6.45, 7) is 10.3. The highest BCUT2D eigenvalue weighted by molar-refractivity contribution is 5.92. The average molecular weight is 390 g/mol. The summed E-state index contributed by atoms with van der Waals surface area (Å²) >= 11 is 0. The molecule has 1 saturated heterocycles. The van der Waals surface area contributed by atoms with Crippen LogP contribution in [0.3, 0.4) is 0 Å². The van der Waals surface area contributed by atoms with Crippen molar-refractivity contribution < 1.29 is 9.59 Å². The van der Waals surface area contributed by atoms with Crippen molar-refractivity contribution in [2.45, 2.75) is 58.9 Å². The first-order chi connectivity index (χ1) is 13.5. The van der Waals surface area contributed by atoms with E-state index in [1.807, 2.05) is 0 Å². The van der Waals surface area contributed by atoms with Crippen molar-refractivity contribution in [1.82, 2.24) is 25.1 Å². The molecule has 2 rings (SSSR count). The van der Waals surface area contributed by atoms with Crippen LogP contribution in [0, 0.1) is 5.92 Å². The molecule has 1 aliphatic rings. The molecule has 1 atom stereocenters. The highest BCUT2D eigenvalue weighted by atomic mass is 16.2. The Balaban J connectivity index is 1.72. The fourth-order valence-corrected chi connectivity index (χ4v) is 3.61. The zero-order valence-corrected chi connectivity index (χ0v) is 17.6. The van der Waals surface area contributed by atoms with Crippen molar-refractivity contribution in [3.05, 3.63) is 24.3 Å². The fraction of sp³-hybridized carbons (Fsp3) is 0.714. The van der Waals surface area contributed by atoms with E-state index in [0.717, 1.165) is 13.0 Å². The molecule has 0 bridgehead atoms. The number of nitrogens with zero attached hydrogens (tertiary/aromatic N) is 4. The molecule has 28 heavy (non-hydrogen) atoms. The maximum absolute atomic E-state index is 12.6. The second-order valence-corrected chi connectivity index (χ2v) is 8.07. The molecule has 1 N–H and O–H groups in total. The lowest BCUT2D eigenvalue weighted by atomic mass is 10.0. The number of hydrogen-bond acceptors (Lipinski definition) is 5. The summed E-state index contributed by atoms with van der Waals surface area (Å²) in [5.74, 6) is 0.135. The normalized spacial score (nSPS) is 17.5. The first-order valence-electron chi connectivity index (χ1n) is 10.5. The third-order valence-electron chi connectivity index (χ3n) is 5.15. The lowest BCUT2D eigenvalue weighted by Gasteiger charge is -2.33. The van der Waals surface area contributed by atoms with Gasteiger partial charge in [-0.3, -0.25) is 14.6 Å². The lowest BCUT2D eigenvalue weighted by molar-refractivity contribution is -0.121. The molecule has 156 valence electrons. The first kappa shape index (κ1) is 22.3. The van der Waals surface area contributed by atoms with Crippen LogP contribution in [0.4, 0.5) is 0 Å². The topological polar surface area (TPSA) is 78.4 Å². The van der Waals surface area contributed by atoms with Gasteiger partial charge in [0.1, 0.15) is 5.69 Å². The van der Waals surface area contributed by atoms with Crippen LogP contribution in [0.1, 0.15) is 63.4 Å². The third kappa shape index (κ3) is 7.54. The van der Waals surface area contributed by atoms with Crippen LogP contribution in [0.15, 0.2) is 18.6 Å². The summed E-state index contributed by atoms with van der Waals surface area (Å²) in [5, 5.41) is 2.99. The minimum absolute atomic E-state index is 0.00704. The van der Waals surface area contributed by atoms with Crippen molar-refractivity contribution in [3.8, 4) is 0 Å². The van der Waals surface area contributed by atoms with E-state index in [4.69, 9.17) is 0 Å². The van der Waals surface area contributed by atoms with Crippen LogP contribution >= 0.6 is 0 Å². The van der Waals surface area contributed by atoms with Gasteiger partial charge in [-0.05, 0) is 38.6 Å². The van der Waals surface area contributed by atoms with Gasteiger partial charge < -0.3 is 15.1 Å². The number of hydrogen-bond donors (Lipinski definition) is 1. The molecule has 1 unspecified atom stereocenters. The Morgan fingerprint density at radius 1 is 1.32 bits per heavy atom. The quantitative estimate of drug-likeness (QED) is 0.622. The molecule has 1 aliphatic heterocycles. The van der Waals surface area contributed by atoms with E-state index in [-0.39, 0.29) is 11.8 Å². The number of amides is 2. The molecule has 1 aromatic heterocycles. The van der Waals surface area contributed by atoms with Crippen molar-refractivity contribution in [2.75, 3.05) is 32.7 Å². The minimum atomic E-state index is -0.173. The van der Waals surface area contributed by atoms with E-state index in [1.54, 1.807) is 11.1 Å². The Hall–Kier alpha value is -2.02. The second-order valence-electron chi connectivity index (χ2n) is 8.07. The van der Waals surface area contributed by atoms with E-state index in [2.05, 4.69) is 41.0 Å². The number of likely N-dealkylation sites (tertiary alicyclic amines) is 1. The zero-order chi connectivity index (χ0) is 20.4. The van der Waals surface area contributed by atoms with Crippen LogP contribution in [-0.2, 0) is 4.79 Å². The Labute approximate surface area is 168 Å². The molecule has 0 spiro atoms. The standard InChI is InChI=1S/C21H35N5O2/c1-17(2)16-26(21(28)19-15-22-10-11-23-19)14-8-20(27)24-9-6-13-25-12-5-4-7-18(25)3/h10-11,15,17-18H,4-9,12-14,16H2,1-3H3,(H,24,27). The van der Waals surface area contributed by atoms with Gasteiger partial charge in [-0.25, -0.2) is 4.98 Å². The van der Waals surface area contributed by atoms with Crippen LogP contribution in [0.25, 0.3) is 0 Å². The van der Waals surface area contributed by atoms with Crippen LogP contribution in [0.2, 0.25) is 0 Å². The van der Waals surface area contributed by atoms with E-state index < -0.39 is 0 Å². The molecule has 0 aromatic carbocycles. The number of aromatic nitrogens is 2. The third-order valence-corrected chi connectivity index (χ3v) is 5.15. The SMILES string of the molecule is CC(C)CN(CCC(=O)NCCCN1CCCCC1C)C(=O)c1cnccn1. The summed E-state index contributed by atoms with van der Waals surface area (Å²) < 4.78 is 0. The maximum atomic E-state index is 12.6. The van der Waals surface area contributed by atoms with Crippen LogP contribution in [0.5, 0.6) is 0 Å². The fourth-order valence-electron chi connectivity index (χ4n) is 3.61. The van der Waals surface area contributed by atoms with Gasteiger partial charge in [-0.2, -0.15) is 0 Å². The van der Waals surface area contributed by atoms with Crippen molar-refractivity contribution in [1.29, 1.82) is 0 Å². The van der Waals surface area contributed by atoms with E-state index in [0.29, 0.717) is 43.7 Å². The van der Waals surface area contributed by atoms with Gasteiger partial charge in [0.25, 0.3) is 5.91 Å². The molecule has 7 nitrogen and oxygen atoms in total. The van der Waals surface area contributed by atoms with Gasteiger partial charge >= 0.3 is 0 Å². The maximum Gasteiger partial charge on any atom is 0.274 e. The zero-order valence-electron chi connectivity index (χ0n) is 17.6. The second kappa shape index (κ2) is 11.7. The molecule has 0 radical (unpaired) electrons. The van der Waals surface area contributed by atoms with Gasteiger partial charge in [0.2, 0.25) is 5.91 Å². The monoisotopic (exact) mass is 389 g/mol. The molecule has 0 saturated carbocycles. The number of carbonyl (C=O) groups is 2. The Morgan fingerprint density at radius 3 is 2.82 bits per heavy atom. The smallest absolute Gasteiger partial charge is 0.274 e. The molecule has 2 heterocycles. The van der Waals surface area contributed by atoms with Crippen molar-refractivity contribution >= 4 is 11.8 Å². The molecule has 2 amide bonds. The summed E-state index contributed by atoms with van der Waals surface area (Å²) in [6.07, 6.45) is 9.67. The first-order valence-corrected chi connectivity index (χ1v) is 10.5. The van der Waals surface area contributed by atoms with Crippen LogP contribution in [-0.4, -0.2) is 70.3 Å². The largest absolute Gasteiger partial charge is 0.356 e. The molecule has 1 aromatic rings. The molecular weight excluding hydrogens is 354 g/mol. The summed E-state index contributed by atoms with van der Waals surface area (Å²) in [5.41, 5.74) is 0.319. The predicted molar refractivity (Wildman–Crippen MR) is 110 cm³/mol. The van der Waals surface area contributed by atoms with Gasteiger partial charge in [0.05, 0.1) is 6.20 Å². The van der Waals surface area contributed by atoms with Crippen molar-refractivity contribution in [2.24, 2.45) is 5.92 Å². The molecule has 1 fully saturated rings. The number of nitrogens with one attached hydrogen (secondary N) is 1. The summed E-state index contributed by atoms with van der Waals surface area (Å²) in [6, 6.07) is 0.654. The van der Waals surface area contributed by atoms with E-state index in [9.17, 15) is 9.59 Å². The van der Waals surface area contributed by atoms with Crippen molar-refractivity contribution in [3.63, 3.8) is 0 Å². The highest BCUT2D eigenvalue weighted by Gasteiger charge is 2.20. The van der Waals surface area contributed by atoms with Crippen LogP contribution < -0.4 is 5.32 Å². The Kier molecular flexibility index (Phi) is 9.34. The Bertz CT molecular complexity index is 608. The summed E-state index contributed by atoms with van der Waals surface area (Å²) in [7, 11) is 0. The summed E-state index contributed by atoms with van der Waals surface area (Å²) in [4.78, 5) is 37.1. The number of carbonyl (C=O) groups excluding carboxylic acids is 2. The highest BCUT2D eigenvalue weighted by Crippen LogP contribution is 2.16. The van der Waals surface area contributed by atoms with Gasteiger partial charge in [-0.15, -0.1) is 0 Å². The molecule has 7 heteroatoms. The minimum Gasteiger partial charge on any atom is -0.356 e. The lowest BCUT2D eigenvalue weighted by Crippen LogP contribution is -2.40. The average Bonchev–Trinajstić information content (AvgIpc) is 2.69. The van der Waals surface area contributed by atoms with E-state index >= 15 is 0 Å².